The molecule has 0 aliphatic rings. The number of aromatic nitrogens is 3. The number of nitrogens with one attached hydrogen (secondary N) is 2. The van der Waals surface area contributed by atoms with Crippen LogP contribution in [0.15, 0.2) is 41.7 Å². The van der Waals surface area contributed by atoms with Gasteiger partial charge in [-0.15, -0.1) is 24.0 Å². The molecule has 2 aromatic rings. The lowest BCUT2D eigenvalue weighted by Gasteiger charge is -2.11. The van der Waals surface area contributed by atoms with Crippen LogP contribution < -0.4 is 10.6 Å². The lowest BCUT2D eigenvalue weighted by molar-refractivity contribution is 0.672. The Labute approximate surface area is 161 Å². The Bertz CT molecular complexity index is 661. The van der Waals surface area contributed by atoms with E-state index in [0.717, 1.165) is 11.4 Å². The highest BCUT2D eigenvalue weighted by Crippen LogP contribution is 2.02. The lowest BCUT2D eigenvalue weighted by atomic mass is 10.2. The van der Waals surface area contributed by atoms with E-state index in [2.05, 4.69) is 25.7 Å². The quantitative estimate of drug-likeness (QED) is 0.365. The van der Waals surface area contributed by atoms with E-state index in [9.17, 15) is 4.21 Å². The number of aliphatic imine (C=N–C) groups is 1. The molecule has 24 heavy (non-hydrogen) atoms. The molecule has 0 aliphatic heterocycles. The summed E-state index contributed by atoms with van der Waals surface area (Å²) in [6.07, 6.45) is 1.51. The molecular formula is C15H23IN6OS. The molecule has 2 rings (SSSR count). The molecule has 0 bridgehead atoms. The number of guanidine groups is 1. The molecule has 0 spiro atoms. The predicted molar refractivity (Wildman–Crippen MR) is 108 cm³/mol. The minimum Gasteiger partial charge on any atom is -0.355 e. The van der Waals surface area contributed by atoms with E-state index in [0.29, 0.717) is 30.6 Å². The van der Waals surface area contributed by atoms with E-state index in [4.69, 9.17) is 0 Å². The van der Waals surface area contributed by atoms with Crippen molar-refractivity contribution in [3.05, 3.63) is 48.0 Å². The van der Waals surface area contributed by atoms with Crippen LogP contribution >= 0.6 is 24.0 Å². The van der Waals surface area contributed by atoms with Gasteiger partial charge < -0.3 is 10.6 Å². The van der Waals surface area contributed by atoms with Crippen LogP contribution in [-0.4, -0.2) is 44.3 Å². The number of benzene rings is 1. The van der Waals surface area contributed by atoms with E-state index >= 15 is 0 Å². The lowest BCUT2D eigenvalue weighted by Crippen LogP contribution is -2.39. The molecule has 132 valence electrons. The van der Waals surface area contributed by atoms with Crippen LogP contribution in [0.1, 0.15) is 11.4 Å². The van der Waals surface area contributed by atoms with Gasteiger partial charge in [-0.3, -0.25) is 13.9 Å². The highest BCUT2D eigenvalue weighted by Gasteiger charge is 2.04. The summed E-state index contributed by atoms with van der Waals surface area (Å²) < 4.78 is 13.8. The second-order valence-electron chi connectivity index (χ2n) is 4.93. The minimum absolute atomic E-state index is 0. The Balaban J connectivity index is 0.00000288. The van der Waals surface area contributed by atoms with Crippen LogP contribution in [0.3, 0.4) is 0 Å². The van der Waals surface area contributed by atoms with E-state index in [-0.39, 0.29) is 24.0 Å². The van der Waals surface area contributed by atoms with Crippen molar-refractivity contribution in [2.24, 2.45) is 12.0 Å². The topological polar surface area (TPSA) is 84.2 Å². The Morgan fingerprint density at radius 3 is 2.67 bits per heavy atom. The zero-order valence-corrected chi connectivity index (χ0v) is 17.0. The summed E-state index contributed by atoms with van der Waals surface area (Å²) in [5.74, 6) is 2.62. The summed E-state index contributed by atoms with van der Waals surface area (Å²) >= 11 is 0. The van der Waals surface area contributed by atoms with Crippen molar-refractivity contribution >= 4 is 40.7 Å². The highest BCUT2D eigenvalue weighted by atomic mass is 127. The third-order valence-electron chi connectivity index (χ3n) is 3.24. The monoisotopic (exact) mass is 462 g/mol. The Morgan fingerprint density at radius 2 is 2.04 bits per heavy atom. The normalized spacial score (nSPS) is 12.3. The average Bonchev–Trinajstić information content (AvgIpc) is 2.97. The second-order valence-corrected chi connectivity index (χ2v) is 6.50. The maximum Gasteiger partial charge on any atom is 0.191 e. The van der Waals surface area contributed by atoms with Gasteiger partial charge in [0.05, 0.1) is 6.54 Å². The first-order valence-corrected chi connectivity index (χ1v) is 8.84. The molecule has 7 nitrogen and oxygen atoms in total. The fourth-order valence-electron chi connectivity index (χ4n) is 1.98. The van der Waals surface area contributed by atoms with Gasteiger partial charge in [-0.05, 0) is 5.56 Å². The van der Waals surface area contributed by atoms with Crippen LogP contribution in [0, 0.1) is 0 Å². The third-order valence-corrected chi connectivity index (χ3v) is 4.55. The second kappa shape index (κ2) is 11.1. The van der Waals surface area contributed by atoms with Crippen LogP contribution in [0.25, 0.3) is 0 Å². The summed E-state index contributed by atoms with van der Waals surface area (Å²) in [6.45, 7) is 1.13. The molecule has 0 fully saturated rings. The number of nitrogens with zero attached hydrogens (tertiary/aromatic N) is 4. The van der Waals surface area contributed by atoms with Crippen LogP contribution in [0.2, 0.25) is 0 Å². The average molecular weight is 462 g/mol. The number of hydrogen-bond acceptors (Lipinski definition) is 4. The molecule has 0 radical (unpaired) electrons. The summed E-state index contributed by atoms with van der Waals surface area (Å²) in [4.78, 5) is 8.27. The predicted octanol–water partition coefficient (Wildman–Crippen LogP) is 1.05. The first-order chi connectivity index (χ1) is 11.2. The SMILES string of the molecule is CN=C(NCCS(=O)Cc1ccccc1)NCc1ncnn1C.I. The van der Waals surface area contributed by atoms with Crippen molar-refractivity contribution in [2.45, 2.75) is 12.3 Å². The first-order valence-electron chi connectivity index (χ1n) is 7.35. The third kappa shape index (κ3) is 6.95. The maximum absolute atomic E-state index is 12.1. The molecule has 2 N–H and O–H groups in total. The Morgan fingerprint density at radius 1 is 1.29 bits per heavy atom. The zero-order chi connectivity index (χ0) is 16.5. The Hall–Kier alpha value is -1.49. The minimum atomic E-state index is -0.898. The molecule has 1 aromatic heterocycles. The largest absolute Gasteiger partial charge is 0.355 e. The van der Waals surface area contributed by atoms with Gasteiger partial charge in [-0.25, -0.2) is 4.98 Å². The first kappa shape index (κ1) is 20.6. The molecule has 0 amide bonds. The smallest absolute Gasteiger partial charge is 0.191 e. The summed E-state index contributed by atoms with van der Waals surface area (Å²) in [7, 11) is 2.64. The standard InChI is InChI=1S/C15H22N6OS.HI/c1-16-15(18-10-14-19-12-20-21(14)2)17-8-9-23(22)11-13-6-4-3-5-7-13;/h3-7,12H,8-11H2,1-2H3,(H2,16,17,18);1H. The van der Waals surface area contributed by atoms with Gasteiger partial charge in [0.25, 0.3) is 0 Å². The van der Waals surface area contributed by atoms with Crippen LogP contribution in [0.5, 0.6) is 0 Å². The van der Waals surface area contributed by atoms with Gasteiger partial charge in [-0.1, -0.05) is 30.3 Å². The maximum atomic E-state index is 12.1. The van der Waals surface area contributed by atoms with E-state index in [1.54, 1.807) is 11.7 Å². The van der Waals surface area contributed by atoms with Crippen molar-refractivity contribution in [1.82, 2.24) is 25.4 Å². The highest BCUT2D eigenvalue weighted by molar-refractivity contribution is 14.0. The molecule has 9 heteroatoms. The molecule has 1 unspecified atom stereocenters. The molecule has 1 aromatic carbocycles. The molecule has 1 atom stereocenters. The zero-order valence-electron chi connectivity index (χ0n) is 13.8. The molecule has 0 saturated carbocycles. The van der Waals surface area contributed by atoms with Gasteiger partial charge in [-0.2, -0.15) is 5.10 Å². The van der Waals surface area contributed by atoms with Crippen LogP contribution in [0.4, 0.5) is 0 Å². The van der Waals surface area contributed by atoms with Gasteiger partial charge in [0, 0.05) is 42.9 Å². The van der Waals surface area contributed by atoms with Crippen molar-refractivity contribution in [2.75, 3.05) is 19.3 Å². The van der Waals surface area contributed by atoms with Gasteiger partial charge in [0.15, 0.2) is 5.96 Å². The number of halogens is 1. The molecule has 0 saturated heterocycles. The van der Waals surface area contributed by atoms with Crippen LogP contribution in [-0.2, 0) is 30.1 Å². The van der Waals surface area contributed by atoms with Crippen molar-refractivity contribution in [3.63, 3.8) is 0 Å². The van der Waals surface area contributed by atoms with Gasteiger partial charge >= 0.3 is 0 Å². The van der Waals surface area contributed by atoms with E-state index in [1.807, 2.05) is 37.4 Å². The molecule has 1 heterocycles. The Kier molecular flexibility index (Phi) is 9.53. The summed E-state index contributed by atoms with van der Waals surface area (Å²) in [5, 5.41) is 10.3. The number of hydrogen-bond donors (Lipinski definition) is 2. The van der Waals surface area contributed by atoms with Crippen molar-refractivity contribution in [3.8, 4) is 0 Å². The van der Waals surface area contributed by atoms with Crippen molar-refractivity contribution in [1.29, 1.82) is 0 Å². The molecule has 0 aliphatic carbocycles. The van der Waals surface area contributed by atoms with Crippen molar-refractivity contribution < 1.29 is 4.21 Å². The van der Waals surface area contributed by atoms with Gasteiger partial charge in [0.1, 0.15) is 12.2 Å². The van der Waals surface area contributed by atoms with E-state index < -0.39 is 10.8 Å². The summed E-state index contributed by atoms with van der Waals surface area (Å²) in [6, 6.07) is 9.87. The van der Waals surface area contributed by atoms with Gasteiger partial charge in [0.2, 0.25) is 0 Å². The number of rotatable bonds is 7. The molecular weight excluding hydrogens is 439 g/mol. The van der Waals surface area contributed by atoms with E-state index in [1.165, 1.54) is 6.33 Å². The summed E-state index contributed by atoms with van der Waals surface area (Å²) in [5.41, 5.74) is 1.09. The fourth-order valence-corrected chi connectivity index (χ4v) is 3.02. The fraction of sp³-hybridized carbons (Fsp3) is 0.400. The number of aryl methyl sites for hydroxylation is 1.